The van der Waals surface area contributed by atoms with E-state index in [0.29, 0.717) is 0 Å². The third-order valence-corrected chi connectivity index (χ3v) is 2.90. The highest BCUT2D eigenvalue weighted by Crippen LogP contribution is 2.20. The summed E-state index contributed by atoms with van der Waals surface area (Å²) in [5, 5.41) is 3.18. The number of carbonyl (C=O) groups excluding carboxylic acids is 1. The van der Waals surface area contributed by atoms with Gasteiger partial charge in [0.25, 0.3) is 0 Å². The number of nitrogens with one attached hydrogen (secondary N) is 1. The van der Waals surface area contributed by atoms with Crippen LogP contribution >= 0.6 is 0 Å². The molecule has 0 bridgehead atoms. The molecule has 0 aliphatic heterocycles. The molecule has 18 heavy (non-hydrogen) atoms. The van der Waals surface area contributed by atoms with Crippen LogP contribution < -0.4 is 5.32 Å². The van der Waals surface area contributed by atoms with Crippen molar-refractivity contribution in [2.45, 2.75) is 32.0 Å². The quantitative estimate of drug-likeness (QED) is 0.785. The zero-order valence-electron chi connectivity index (χ0n) is 11.3. The van der Waals surface area contributed by atoms with Crippen LogP contribution in [0.15, 0.2) is 30.3 Å². The van der Waals surface area contributed by atoms with Gasteiger partial charge in [-0.2, -0.15) is 0 Å². The summed E-state index contributed by atoms with van der Waals surface area (Å²) in [7, 11) is 3.05. The molecule has 0 fully saturated rings. The predicted octanol–water partition coefficient (Wildman–Crippen LogP) is 1.91. The topological polar surface area (TPSA) is 47.6 Å². The van der Waals surface area contributed by atoms with Crippen molar-refractivity contribution in [2.75, 3.05) is 14.2 Å². The molecule has 1 aromatic carbocycles. The number of methoxy groups -OCH3 is 2. The smallest absolute Gasteiger partial charge is 0.322 e. The number of hydrogen-bond acceptors (Lipinski definition) is 4. The molecule has 0 spiro atoms. The van der Waals surface area contributed by atoms with E-state index in [9.17, 15) is 4.79 Å². The van der Waals surface area contributed by atoms with Gasteiger partial charge in [0.1, 0.15) is 6.04 Å². The van der Waals surface area contributed by atoms with E-state index in [1.165, 1.54) is 7.11 Å². The third-order valence-electron chi connectivity index (χ3n) is 2.90. The highest BCUT2D eigenvalue weighted by atomic mass is 16.5. The number of benzene rings is 1. The van der Waals surface area contributed by atoms with Crippen LogP contribution in [0.3, 0.4) is 0 Å². The fourth-order valence-electron chi connectivity index (χ4n) is 2.00. The summed E-state index contributed by atoms with van der Waals surface area (Å²) >= 11 is 0. The number of hydrogen-bond donors (Lipinski definition) is 1. The number of ether oxygens (including phenoxy) is 2. The van der Waals surface area contributed by atoms with Crippen molar-refractivity contribution >= 4 is 5.97 Å². The molecule has 0 radical (unpaired) electrons. The highest BCUT2D eigenvalue weighted by Gasteiger charge is 2.23. The first-order valence-corrected chi connectivity index (χ1v) is 6.01. The lowest BCUT2D eigenvalue weighted by Gasteiger charge is -2.26. The van der Waals surface area contributed by atoms with Gasteiger partial charge in [-0.1, -0.05) is 30.3 Å². The Morgan fingerprint density at radius 2 is 1.78 bits per heavy atom. The van der Waals surface area contributed by atoms with Crippen LogP contribution in [0.1, 0.15) is 25.5 Å². The lowest BCUT2D eigenvalue weighted by atomic mass is 10.0. The molecule has 3 atom stereocenters. The Morgan fingerprint density at radius 1 is 1.17 bits per heavy atom. The number of carbonyl (C=O) groups is 1. The molecule has 1 N–H and O–H groups in total. The van der Waals surface area contributed by atoms with Gasteiger partial charge in [-0.05, 0) is 19.4 Å². The number of rotatable bonds is 6. The highest BCUT2D eigenvalue weighted by molar-refractivity contribution is 5.75. The Labute approximate surface area is 108 Å². The molecule has 0 aromatic heterocycles. The molecule has 4 heteroatoms. The molecule has 0 heterocycles. The van der Waals surface area contributed by atoms with Crippen LogP contribution in [0.5, 0.6) is 0 Å². The maximum Gasteiger partial charge on any atom is 0.322 e. The molecule has 0 saturated carbocycles. The Hall–Kier alpha value is -1.39. The van der Waals surface area contributed by atoms with E-state index in [4.69, 9.17) is 4.74 Å². The van der Waals surface area contributed by atoms with Gasteiger partial charge in [0.05, 0.1) is 13.2 Å². The van der Waals surface area contributed by atoms with E-state index in [1.54, 1.807) is 14.0 Å². The molecule has 100 valence electrons. The van der Waals surface area contributed by atoms with Crippen molar-refractivity contribution in [2.24, 2.45) is 0 Å². The third kappa shape index (κ3) is 3.82. The van der Waals surface area contributed by atoms with Gasteiger partial charge in [0.2, 0.25) is 0 Å². The van der Waals surface area contributed by atoms with Crippen molar-refractivity contribution in [3.63, 3.8) is 0 Å². The van der Waals surface area contributed by atoms with Crippen LogP contribution in [0.25, 0.3) is 0 Å². The Kier molecular flexibility index (Phi) is 5.82. The molecule has 0 unspecified atom stereocenters. The molecule has 0 aliphatic rings. The van der Waals surface area contributed by atoms with E-state index in [2.05, 4.69) is 10.1 Å². The van der Waals surface area contributed by atoms with Crippen molar-refractivity contribution in [3.05, 3.63) is 35.9 Å². The van der Waals surface area contributed by atoms with Crippen LogP contribution in [-0.2, 0) is 14.3 Å². The SMILES string of the molecule is COC(=O)[C@H](C)N[C@H](C)[C@@H](OC)c1ccccc1. The van der Waals surface area contributed by atoms with Crippen LogP contribution in [0, 0.1) is 0 Å². The Balaban J connectivity index is 2.69. The summed E-state index contributed by atoms with van der Waals surface area (Å²) in [6, 6.07) is 9.57. The van der Waals surface area contributed by atoms with Gasteiger partial charge in [-0.15, -0.1) is 0 Å². The van der Waals surface area contributed by atoms with E-state index in [-0.39, 0.29) is 24.2 Å². The summed E-state index contributed by atoms with van der Waals surface area (Å²) in [6.45, 7) is 3.76. The fraction of sp³-hybridized carbons (Fsp3) is 0.500. The summed E-state index contributed by atoms with van der Waals surface area (Å²) in [4.78, 5) is 11.4. The largest absolute Gasteiger partial charge is 0.468 e. The first kappa shape index (κ1) is 14.7. The molecule has 4 nitrogen and oxygen atoms in total. The van der Waals surface area contributed by atoms with Crippen LogP contribution in [0.4, 0.5) is 0 Å². The van der Waals surface area contributed by atoms with Gasteiger partial charge >= 0.3 is 5.97 Å². The summed E-state index contributed by atoms with van der Waals surface area (Å²) < 4.78 is 10.2. The second kappa shape index (κ2) is 7.13. The molecule has 1 aromatic rings. The van der Waals surface area contributed by atoms with Crippen LogP contribution in [0.2, 0.25) is 0 Å². The van der Waals surface area contributed by atoms with E-state index in [0.717, 1.165) is 5.56 Å². The molecule has 0 aliphatic carbocycles. The van der Waals surface area contributed by atoms with Gasteiger partial charge in [0.15, 0.2) is 0 Å². The standard InChI is InChI=1S/C14H21NO3/c1-10(15-11(2)14(16)18-4)13(17-3)12-8-6-5-7-9-12/h5-11,13,15H,1-4H3/t10-,11+,13-/m1/s1. The molecule has 0 amide bonds. The minimum Gasteiger partial charge on any atom is -0.468 e. The van der Waals surface area contributed by atoms with Gasteiger partial charge in [-0.25, -0.2) is 0 Å². The minimum atomic E-state index is -0.355. The average Bonchev–Trinajstić information content (AvgIpc) is 2.39. The first-order chi connectivity index (χ1) is 8.60. The van der Waals surface area contributed by atoms with Crippen molar-refractivity contribution < 1.29 is 14.3 Å². The zero-order chi connectivity index (χ0) is 13.5. The second-order valence-electron chi connectivity index (χ2n) is 4.27. The Bertz CT molecular complexity index is 367. The number of esters is 1. The van der Waals surface area contributed by atoms with Crippen molar-refractivity contribution in [1.82, 2.24) is 5.32 Å². The molecular weight excluding hydrogens is 230 g/mol. The van der Waals surface area contributed by atoms with Gasteiger partial charge < -0.3 is 9.47 Å². The van der Waals surface area contributed by atoms with Crippen molar-refractivity contribution in [1.29, 1.82) is 0 Å². The first-order valence-electron chi connectivity index (χ1n) is 6.01. The zero-order valence-corrected chi connectivity index (χ0v) is 11.3. The maximum atomic E-state index is 11.4. The fourth-order valence-corrected chi connectivity index (χ4v) is 2.00. The van der Waals surface area contributed by atoms with Crippen molar-refractivity contribution in [3.8, 4) is 0 Å². The molecule has 0 saturated heterocycles. The summed E-state index contributed by atoms with van der Waals surface area (Å²) in [6.07, 6.45) is -0.0988. The van der Waals surface area contributed by atoms with E-state index >= 15 is 0 Å². The van der Waals surface area contributed by atoms with Gasteiger partial charge in [0, 0.05) is 13.2 Å². The maximum absolute atomic E-state index is 11.4. The normalized spacial score (nSPS) is 15.8. The van der Waals surface area contributed by atoms with Gasteiger partial charge in [-0.3, -0.25) is 10.1 Å². The van der Waals surface area contributed by atoms with E-state index in [1.807, 2.05) is 37.3 Å². The van der Waals surface area contributed by atoms with Crippen LogP contribution in [-0.4, -0.2) is 32.3 Å². The predicted molar refractivity (Wildman–Crippen MR) is 70.3 cm³/mol. The second-order valence-corrected chi connectivity index (χ2v) is 4.27. The Morgan fingerprint density at radius 3 is 2.28 bits per heavy atom. The lowest BCUT2D eigenvalue weighted by molar-refractivity contribution is -0.143. The summed E-state index contributed by atoms with van der Waals surface area (Å²) in [5.74, 6) is -0.273. The minimum absolute atomic E-state index is 0.00602. The molecular formula is C14H21NO3. The average molecular weight is 251 g/mol. The molecule has 1 rings (SSSR count). The lowest BCUT2D eigenvalue weighted by Crippen LogP contribution is -2.43. The van der Waals surface area contributed by atoms with E-state index < -0.39 is 0 Å². The summed E-state index contributed by atoms with van der Waals surface area (Å²) in [5.41, 5.74) is 1.08. The monoisotopic (exact) mass is 251 g/mol.